The van der Waals surface area contributed by atoms with Crippen LogP contribution in [0, 0.1) is 0 Å². The van der Waals surface area contributed by atoms with Crippen molar-refractivity contribution in [2.75, 3.05) is 17.7 Å². The maximum atomic E-state index is 5.93. The number of hydrogen-bond donors (Lipinski definition) is 1. The molecule has 0 amide bonds. The van der Waals surface area contributed by atoms with Gasteiger partial charge in [-0.3, -0.25) is 9.25 Å². The van der Waals surface area contributed by atoms with Crippen molar-refractivity contribution in [3.05, 3.63) is 5.69 Å². The number of nitrogens with zero attached hydrogens (tertiary/aromatic N) is 4. The molecule has 0 aromatic carbocycles. The Morgan fingerprint density at radius 2 is 2.19 bits per heavy atom. The maximum Gasteiger partial charge on any atom is 0.202 e. The number of thioether (sulfide) groups is 1. The molecule has 16 heavy (non-hydrogen) atoms. The molecule has 88 valence electrons. The quantitative estimate of drug-likeness (QED) is 0.873. The van der Waals surface area contributed by atoms with Gasteiger partial charge in [0, 0.05) is 19.3 Å². The third-order valence-electron chi connectivity index (χ3n) is 2.67. The number of nitrogens with two attached hydrogens (primary N) is 1. The molecule has 2 N–H and O–H groups in total. The van der Waals surface area contributed by atoms with Gasteiger partial charge in [0.25, 0.3) is 0 Å². The Balaban J connectivity index is 2.55. The average Bonchev–Trinajstić information content (AvgIpc) is 2.74. The van der Waals surface area contributed by atoms with Crippen molar-refractivity contribution in [3.63, 3.8) is 0 Å². The Morgan fingerprint density at radius 1 is 1.44 bits per heavy atom. The summed E-state index contributed by atoms with van der Waals surface area (Å²) in [5, 5.41) is 4.45. The van der Waals surface area contributed by atoms with E-state index in [9.17, 15) is 0 Å². The predicted molar refractivity (Wildman–Crippen MR) is 68.7 cm³/mol. The molecule has 5 nitrogen and oxygen atoms in total. The van der Waals surface area contributed by atoms with E-state index < -0.39 is 0 Å². The molecule has 0 radical (unpaired) electrons. The van der Waals surface area contributed by atoms with E-state index in [0.717, 1.165) is 35.6 Å². The molecule has 0 fully saturated rings. The number of rotatable bonds is 4. The van der Waals surface area contributed by atoms with Crippen molar-refractivity contribution in [1.82, 2.24) is 19.3 Å². The Morgan fingerprint density at radius 3 is 2.81 bits per heavy atom. The summed E-state index contributed by atoms with van der Waals surface area (Å²) >= 11 is 1.80. The summed E-state index contributed by atoms with van der Waals surface area (Å²) in [6, 6.07) is 0. The molecule has 2 heterocycles. The predicted octanol–water partition coefficient (Wildman–Crippen LogP) is 1.28. The summed E-state index contributed by atoms with van der Waals surface area (Å²) in [4.78, 5) is 4.41. The van der Waals surface area contributed by atoms with Gasteiger partial charge in [-0.25, -0.2) is 4.98 Å². The van der Waals surface area contributed by atoms with Crippen LogP contribution < -0.4 is 5.73 Å². The molecule has 2 rings (SSSR count). The second kappa shape index (κ2) is 4.37. The van der Waals surface area contributed by atoms with Crippen LogP contribution in [0.1, 0.15) is 12.6 Å². The molecule has 0 spiro atoms. The highest BCUT2D eigenvalue weighted by Crippen LogP contribution is 2.21. The summed E-state index contributed by atoms with van der Waals surface area (Å²) in [6.45, 7) is 2.96. The monoisotopic (exact) mass is 239 g/mol. The second-order valence-electron chi connectivity index (χ2n) is 3.71. The maximum absolute atomic E-state index is 5.93. The van der Waals surface area contributed by atoms with Gasteiger partial charge in [0.15, 0.2) is 5.65 Å². The summed E-state index contributed by atoms with van der Waals surface area (Å²) in [6.07, 6.45) is 2.97. The van der Waals surface area contributed by atoms with Crippen LogP contribution in [0.5, 0.6) is 0 Å². The first kappa shape index (κ1) is 11.3. The summed E-state index contributed by atoms with van der Waals surface area (Å²) in [5.74, 6) is 1.62. The zero-order valence-corrected chi connectivity index (χ0v) is 10.7. The first-order valence-corrected chi connectivity index (χ1v) is 6.75. The van der Waals surface area contributed by atoms with E-state index in [1.807, 2.05) is 16.3 Å². The van der Waals surface area contributed by atoms with E-state index in [1.54, 1.807) is 11.8 Å². The first-order valence-electron chi connectivity index (χ1n) is 5.35. The lowest BCUT2D eigenvalue weighted by atomic mass is 10.3. The van der Waals surface area contributed by atoms with Crippen molar-refractivity contribution in [1.29, 1.82) is 0 Å². The standard InChI is InChI=1S/C10H17N5S/c1-4-7-8-9(14(2)13-7)15(5-6-16-3)10(11)12-8/h4-6H2,1-3H3,(H2,11,12). The minimum absolute atomic E-state index is 0.590. The highest BCUT2D eigenvalue weighted by molar-refractivity contribution is 7.98. The molecule has 2 aromatic rings. The topological polar surface area (TPSA) is 61.7 Å². The van der Waals surface area contributed by atoms with Crippen molar-refractivity contribution >= 4 is 28.9 Å². The van der Waals surface area contributed by atoms with Crippen LogP contribution in [-0.2, 0) is 20.0 Å². The molecule has 0 saturated heterocycles. The average molecular weight is 239 g/mol. The zero-order valence-electron chi connectivity index (χ0n) is 9.90. The molecule has 0 bridgehead atoms. The van der Waals surface area contributed by atoms with Crippen LogP contribution in [0.4, 0.5) is 5.95 Å². The van der Waals surface area contributed by atoms with Gasteiger partial charge in [0.2, 0.25) is 5.95 Å². The Bertz CT molecular complexity index is 499. The number of nitrogen functional groups attached to an aromatic ring is 1. The van der Waals surface area contributed by atoms with E-state index >= 15 is 0 Å². The molecular weight excluding hydrogens is 222 g/mol. The van der Waals surface area contributed by atoms with E-state index in [2.05, 4.69) is 23.3 Å². The largest absolute Gasteiger partial charge is 0.369 e. The fourth-order valence-corrected chi connectivity index (χ4v) is 2.26. The SMILES string of the molecule is CCc1nn(C)c2c1nc(N)n2CCSC. The number of anilines is 1. The van der Waals surface area contributed by atoms with Crippen LogP contribution in [0.2, 0.25) is 0 Å². The molecular formula is C10H17N5S. The third kappa shape index (κ3) is 1.67. The smallest absolute Gasteiger partial charge is 0.202 e. The lowest BCUT2D eigenvalue weighted by molar-refractivity contribution is 0.711. The lowest BCUT2D eigenvalue weighted by Crippen LogP contribution is -2.08. The van der Waals surface area contributed by atoms with Crippen LogP contribution in [0.3, 0.4) is 0 Å². The lowest BCUT2D eigenvalue weighted by Gasteiger charge is -2.04. The Hall–Kier alpha value is -1.17. The highest BCUT2D eigenvalue weighted by Gasteiger charge is 2.16. The van der Waals surface area contributed by atoms with Crippen LogP contribution in [-0.4, -0.2) is 31.3 Å². The van der Waals surface area contributed by atoms with Crippen molar-refractivity contribution < 1.29 is 0 Å². The molecule has 0 saturated carbocycles. The van der Waals surface area contributed by atoms with Gasteiger partial charge in [-0.2, -0.15) is 16.9 Å². The van der Waals surface area contributed by atoms with E-state index in [-0.39, 0.29) is 0 Å². The Labute approximate surface area is 99.0 Å². The minimum Gasteiger partial charge on any atom is -0.369 e. The number of aromatic nitrogens is 4. The minimum atomic E-state index is 0.590. The normalized spacial score (nSPS) is 11.4. The molecule has 0 aliphatic rings. The van der Waals surface area contributed by atoms with Crippen molar-refractivity contribution in [2.45, 2.75) is 19.9 Å². The Kier molecular flexibility index (Phi) is 3.09. The molecule has 0 unspecified atom stereocenters. The van der Waals surface area contributed by atoms with Gasteiger partial charge in [-0.1, -0.05) is 6.92 Å². The molecule has 2 aromatic heterocycles. The number of imidazole rings is 1. The van der Waals surface area contributed by atoms with E-state index in [4.69, 9.17) is 5.73 Å². The molecule has 0 aliphatic heterocycles. The molecule has 0 aliphatic carbocycles. The van der Waals surface area contributed by atoms with Gasteiger partial charge >= 0.3 is 0 Å². The first-order chi connectivity index (χ1) is 7.69. The number of hydrogen-bond acceptors (Lipinski definition) is 4. The van der Waals surface area contributed by atoms with Crippen molar-refractivity contribution in [3.8, 4) is 0 Å². The number of aryl methyl sites for hydroxylation is 3. The van der Waals surface area contributed by atoms with Crippen LogP contribution >= 0.6 is 11.8 Å². The van der Waals surface area contributed by atoms with E-state index in [0.29, 0.717) is 5.95 Å². The highest BCUT2D eigenvalue weighted by atomic mass is 32.2. The van der Waals surface area contributed by atoms with Crippen LogP contribution in [0.15, 0.2) is 0 Å². The summed E-state index contributed by atoms with van der Waals surface area (Å²) < 4.78 is 3.91. The second-order valence-corrected chi connectivity index (χ2v) is 4.70. The van der Waals surface area contributed by atoms with E-state index in [1.165, 1.54) is 0 Å². The number of fused-ring (bicyclic) bond motifs is 1. The third-order valence-corrected chi connectivity index (χ3v) is 3.27. The van der Waals surface area contributed by atoms with Gasteiger partial charge in [-0.05, 0) is 12.7 Å². The molecule has 0 atom stereocenters. The van der Waals surface area contributed by atoms with Crippen LogP contribution in [0.25, 0.3) is 11.2 Å². The molecule has 6 heteroatoms. The van der Waals surface area contributed by atoms with Gasteiger partial charge in [0.05, 0.1) is 5.69 Å². The van der Waals surface area contributed by atoms with Gasteiger partial charge in [-0.15, -0.1) is 0 Å². The fraction of sp³-hybridized carbons (Fsp3) is 0.600. The zero-order chi connectivity index (χ0) is 11.7. The van der Waals surface area contributed by atoms with Gasteiger partial charge < -0.3 is 5.73 Å². The van der Waals surface area contributed by atoms with Crippen molar-refractivity contribution in [2.24, 2.45) is 7.05 Å². The fourth-order valence-electron chi connectivity index (χ4n) is 1.90. The summed E-state index contributed by atoms with van der Waals surface area (Å²) in [5.41, 5.74) is 8.93. The van der Waals surface area contributed by atoms with Gasteiger partial charge in [0.1, 0.15) is 5.52 Å². The summed E-state index contributed by atoms with van der Waals surface area (Å²) in [7, 11) is 1.94.